The molecule has 0 aliphatic carbocycles. The maximum absolute atomic E-state index is 12.8. The van der Waals surface area contributed by atoms with E-state index in [1.165, 1.54) is 23.6 Å². The molecule has 1 aliphatic heterocycles. The molecule has 6 nitrogen and oxygen atoms in total. The van der Waals surface area contributed by atoms with Crippen molar-refractivity contribution in [3.05, 3.63) is 21.9 Å². The van der Waals surface area contributed by atoms with Gasteiger partial charge >= 0.3 is 0 Å². The van der Waals surface area contributed by atoms with Crippen molar-refractivity contribution in [2.75, 3.05) is 13.6 Å². The molecule has 116 valence electrons. The summed E-state index contributed by atoms with van der Waals surface area (Å²) < 4.78 is 27.3. The van der Waals surface area contributed by atoms with Crippen LogP contribution in [0.2, 0.25) is 5.15 Å². The number of pyridine rings is 1. The summed E-state index contributed by atoms with van der Waals surface area (Å²) in [5.74, 6) is -0.308. The minimum atomic E-state index is -3.87. The molecule has 1 unspecified atom stereocenters. The molecule has 2 rings (SSSR count). The summed E-state index contributed by atoms with van der Waals surface area (Å²) in [5.41, 5.74) is 0. The molecule has 21 heavy (non-hydrogen) atoms. The standard InChI is InChI=1S/C12H15BrClN3O3S/c1-15-12(18)9-4-2-3-5-17(9)21(19,20)10-6-8(13)7-16-11(10)14/h6-7,9H,2-5H2,1H3,(H,15,18). The van der Waals surface area contributed by atoms with Gasteiger partial charge in [0.1, 0.15) is 16.1 Å². The lowest BCUT2D eigenvalue weighted by molar-refractivity contribution is -0.125. The molecule has 9 heteroatoms. The van der Waals surface area contributed by atoms with E-state index in [0.717, 1.165) is 6.42 Å². The van der Waals surface area contributed by atoms with Crippen molar-refractivity contribution in [1.29, 1.82) is 0 Å². The lowest BCUT2D eigenvalue weighted by Crippen LogP contribution is -2.51. The number of halogens is 2. The molecule has 0 radical (unpaired) electrons. The minimum Gasteiger partial charge on any atom is -0.358 e. The van der Waals surface area contributed by atoms with Gasteiger partial charge in [0.05, 0.1) is 0 Å². The first kappa shape index (κ1) is 16.7. The number of amides is 1. The highest BCUT2D eigenvalue weighted by molar-refractivity contribution is 9.10. The summed E-state index contributed by atoms with van der Waals surface area (Å²) in [7, 11) is -2.38. The highest BCUT2D eigenvalue weighted by atomic mass is 79.9. The van der Waals surface area contributed by atoms with Gasteiger partial charge in [0.25, 0.3) is 0 Å². The second kappa shape index (κ2) is 6.60. The zero-order valence-corrected chi connectivity index (χ0v) is 14.5. The number of hydrogen-bond acceptors (Lipinski definition) is 4. The largest absolute Gasteiger partial charge is 0.358 e. The Balaban J connectivity index is 2.45. The Kier molecular flexibility index (Phi) is 5.24. The molecule has 0 bridgehead atoms. The predicted octanol–water partition coefficient (Wildman–Crippen LogP) is 1.79. The van der Waals surface area contributed by atoms with Crippen LogP contribution in [0.15, 0.2) is 21.6 Å². The van der Waals surface area contributed by atoms with E-state index in [1.54, 1.807) is 0 Å². The number of nitrogens with one attached hydrogen (secondary N) is 1. The monoisotopic (exact) mass is 395 g/mol. The second-order valence-electron chi connectivity index (χ2n) is 4.68. The highest BCUT2D eigenvalue weighted by Crippen LogP contribution is 2.30. The van der Waals surface area contributed by atoms with Gasteiger partial charge in [0.2, 0.25) is 15.9 Å². The first-order valence-electron chi connectivity index (χ1n) is 6.42. The molecule has 1 saturated heterocycles. The Labute approximate surface area is 137 Å². The van der Waals surface area contributed by atoms with E-state index in [4.69, 9.17) is 11.6 Å². The maximum atomic E-state index is 12.8. The van der Waals surface area contributed by atoms with Crippen LogP contribution in [0.5, 0.6) is 0 Å². The average Bonchev–Trinajstić information content (AvgIpc) is 2.48. The van der Waals surface area contributed by atoms with Crippen molar-refractivity contribution in [1.82, 2.24) is 14.6 Å². The first-order chi connectivity index (χ1) is 9.87. The number of rotatable bonds is 3. The zero-order valence-electron chi connectivity index (χ0n) is 11.3. The van der Waals surface area contributed by atoms with Gasteiger partial charge in [0, 0.05) is 24.3 Å². The van der Waals surface area contributed by atoms with Crippen LogP contribution >= 0.6 is 27.5 Å². The molecule has 0 saturated carbocycles. The fourth-order valence-corrected chi connectivity index (χ4v) is 4.91. The van der Waals surface area contributed by atoms with Crippen LogP contribution in [0.4, 0.5) is 0 Å². The van der Waals surface area contributed by atoms with Crippen LogP contribution in [-0.4, -0.2) is 43.2 Å². The molecular formula is C12H15BrClN3O3S. The molecule has 1 aromatic rings. The van der Waals surface area contributed by atoms with Gasteiger partial charge in [-0.05, 0) is 34.8 Å². The van der Waals surface area contributed by atoms with E-state index in [1.807, 2.05) is 0 Å². The van der Waals surface area contributed by atoms with Crippen LogP contribution < -0.4 is 5.32 Å². The van der Waals surface area contributed by atoms with E-state index in [2.05, 4.69) is 26.2 Å². The highest BCUT2D eigenvalue weighted by Gasteiger charge is 2.38. The quantitative estimate of drug-likeness (QED) is 0.790. The van der Waals surface area contributed by atoms with E-state index in [9.17, 15) is 13.2 Å². The average molecular weight is 397 g/mol. The van der Waals surface area contributed by atoms with Crippen LogP contribution in [0.25, 0.3) is 0 Å². The number of carbonyl (C=O) groups is 1. The summed E-state index contributed by atoms with van der Waals surface area (Å²) in [6, 6.07) is 0.698. The molecule has 1 atom stereocenters. The first-order valence-corrected chi connectivity index (χ1v) is 9.03. The number of carbonyl (C=O) groups excluding carboxylic acids is 1. The van der Waals surface area contributed by atoms with Gasteiger partial charge in [-0.25, -0.2) is 13.4 Å². The third-order valence-electron chi connectivity index (χ3n) is 3.36. The van der Waals surface area contributed by atoms with E-state index in [0.29, 0.717) is 23.9 Å². The lowest BCUT2D eigenvalue weighted by Gasteiger charge is -2.33. The third kappa shape index (κ3) is 3.39. The Morgan fingerprint density at radius 3 is 2.90 bits per heavy atom. The molecular weight excluding hydrogens is 382 g/mol. The van der Waals surface area contributed by atoms with Crippen LogP contribution in [0.1, 0.15) is 19.3 Å². The Bertz CT molecular complexity index is 653. The minimum absolute atomic E-state index is 0.0886. The van der Waals surface area contributed by atoms with E-state index >= 15 is 0 Å². The molecule has 1 amide bonds. The second-order valence-corrected chi connectivity index (χ2v) is 7.82. The van der Waals surface area contributed by atoms with Gasteiger partial charge in [-0.15, -0.1) is 0 Å². The molecule has 0 aromatic carbocycles. The van der Waals surface area contributed by atoms with Gasteiger partial charge in [0.15, 0.2) is 0 Å². The fraction of sp³-hybridized carbons (Fsp3) is 0.500. The molecule has 1 aromatic heterocycles. The fourth-order valence-electron chi connectivity index (χ4n) is 2.33. The topological polar surface area (TPSA) is 79.4 Å². The molecule has 1 aliphatic rings. The van der Waals surface area contributed by atoms with Crippen LogP contribution in [0.3, 0.4) is 0 Å². The van der Waals surface area contributed by atoms with Crippen molar-refractivity contribution < 1.29 is 13.2 Å². The summed E-state index contributed by atoms with van der Waals surface area (Å²) in [4.78, 5) is 15.7. The maximum Gasteiger partial charge on any atom is 0.246 e. The van der Waals surface area contributed by atoms with Crippen molar-refractivity contribution in [3.63, 3.8) is 0 Å². The Morgan fingerprint density at radius 2 is 2.24 bits per heavy atom. The Hall–Kier alpha value is -0.700. The summed E-state index contributed by atoms with van der Waals surface area (Å²) >= 11 is 9.11. The van der Waals surface area contributed by atoms with Gasteiger partial charge in [-0.2, -0.15) is 4.31 Å². The van der Waals surface area contributed by atoms with Crippen molar-refractivity contribution >= 4 is 43.5 Å². The third-order valence-corrected chi connectivity index (χ3v) is 6.13. The van der Waals surface area contributed by atoms with Gasteiger partial charge in [-0.1, -0.05) is 18.0 Å². The number of hydrogen-bond donors (Lipinski definition) is 1. The summed E-state index contributed by atoms with van der Waals surface area (Å²) in [5, 5.41) is 2.41. The molecule has 1 N–H and O–H groups in total. The van der Waals surface area contributed by atoms with Gasteiger partial charge in [-0.3, -0.25) is 4.79 Å². The van der Waals surface area contributed by atoms with Crippen molar-refractivity contribution in [2.24, 2.45) is 0 Å². The van der Waals surface area contributed by atoms with E-state index in [-0.39, 0.29) is 16.0 Å². The lowest BCUT2D eigenvalue weighted by atomic mass is 10.0. The molecule has 0 spiro atoms. The summed E-state index contributed by atoms with van der Waals surface area (Å²) in [6.07, 6.45) is 3.45. The number of likely N-dealkylation sites (N-methyl/N-ethyl adjacent to an activating group) is 1. The summed E-state index contributed by atoms with van der Waals surface area (Å²) in [6.45, 7) is 0.295. The smallest absolute Gasteiger partial charge is 0.246 e. The predicted molar refractivity (Wildman–Crippen MR) is 82.5 cm³/mol. The number of aromatic nitrogens is 1. The van der Waals surface area contributed by atoms with Gasteiger partial charge < -0.3 is 5.32 Å². The van der Waals surface area contributed by atoms with Crippen molar-refractivity contribution in [3.8, 4) is 0 Å². The number of sulfonamides is 1. The normalized spacial score (nSPS) is 20.2. The number of nitrogens with zero attached hydrogens (tertiary/aromatic N) is 2. The van der Waals surface area contributed by atoms with E-state index < -0.39 is 16.1 Å². The van der Waals surface area contributed by atoms with Crippen LogP contribution in [0, 0.1) is 0 Å². The van der Waals surface area contributed by atoms with Crippen LogP contribution in [-0.2, 0) is 14.8 Å². The van der Waals surface area contributed by atoms with Crippen molar-refractivity contribution in [2.45, 2.75) is 30.2 Å². The number of piperidine rings is 1. The molecule has 1 fully saturated rings. The zero-order chi connectivity index (χ0) is 15.6. The Morgan fingerprint density at radius 1 is 1.52 bits per heavy atom. The molecule has 2 heterocycles. The SMILES string of the molecule is CNC(=O)C1CCCCN1S(=O)(=O)c1cc(Br)cnc1Cl.